The lowest BCUT2D eigenvalue weighted by Crippen LogP contribution is -2.44. The molecule has 208 valence electrons. The molecule has 0 unspecified atom stereocenters. The first-order chi connectivity index (χ1) is 18.2. The molecule has 0 saturated heterocycles. The molecule has 2 aromatic rings. The highest BCUT2D eigenvalue weighted by molar-refractivity contribution is 6.21. The minimum absolute atomic E-state index is 0.149. The smallest absolute Gasteiger partial charge is 0.456 e. The molecular weight excluding hydrogens is 541 g/mol. The zero-order valence-corrected chi connectivity index (χ0v) is 19.8. The summed E-state index contributed by atoms with van der Waals surface area (Å²) in [5.41, 5.74) is -1.20. The molecule has 0 radical (unpaired) electrons. The normalized spacial score (nSPS) is 14.1. The highest BCUT2D eigenvalue weighted by Gasteiger charge is 2.58. The molecule has 1 aliphatic heterocycles. The predicted octanol–water partition coefficient (Wildman–Crippen LogP) is 3.13. The number of alkyl halides is 5. The van der Waals surface area contributed by atoms with Crippen molar-refractivity contribution in [3.05, 3.63) is 69.3 Å². The minimum atomic E-state index is -6.00. The number of carbonyl (C=O) groups is 4. The molecule has 0 bridgehead atoms. The van der Waals surface area contributed by atoms with Crippen LogP contribution in [0.15, 0.2) is 42.5 Å². The summed E-state index contributed by atoms with van der Waals surface area (Å²) in [4.78, 5) is 61.0. The Kier molecular flexibility index (Phi) is 8.16. The maximum Gasteiger partial charge on any atom is 0.456 e. The molecule has 1 atom stereocenters. The maximum absolute atomic E-state index is 13.3. The molecule has 0 fully saturated rings. The second-order valence-electron chi connectivity index (χ2n) is 8.08. The Hall–Kier alpha value is -4.63. The van der Waals surface area contributed by atoms with Gasteiger partial charge in [0.2, 0.25) is 0 Å². The lowest BCUT2D eigenvalue weighted by Gasteiger charge is -2.21. The van der Waals surface area contributed by atoms with E-state index in [1.54, 1.807) is 12.1 Å². The van der Waals surface area contributed by atoms with Crippen LogP contribution in [0.3, 0.4) is 0 Å². The summed E-state index contributed by atoms with van der Waals surface area (Å²) in [6, 6.07) is 6.57. The van der Waals surface area contributed by atoms with Crippen LogP contribution in [0.1, 0.15) is 37.5 Å². The van der Waals surface area contributed by atoms with E-state index in [-0.39, 0.29) is 24.1 Å². The fraction of sp³-hybridized carbons (Fsp3) is 0.304. The monoisotopic (exact) mass is 559 g/mol. The quantitative estimate of drug-likeness (QED) is 0.154. The van der Waals surface area contributed by atoms with Gasteiger partial charge >= 0.3 is 23.8 Å². The predicted molar refractivity (Wildman–Crippen MR) is 119 cm³/mol. The summed E-state index contributed by atoms with van der Waals surface area (Å²) in [5, 5.41) is 13.4. The van der Waals surface area contributed by atoms with Crippen LogP contribution in [-0.2, 0) is 9.53 Å². The topological polar surface area (TPSA) is 145 Å². The van der Waals surface area contributed by atoms with Crippen LogP contribution in [0.4, 0.5) is 27.6 Å². The van der Waals surface area contributed by atoms with Crippen molar-refractivity contribution in [3.63, 3.8) is 0 Å². The van der Waals surface area contributed by atoms with E-state index in [1.807, 2.05) is 0 Å². The van der Waals surface area contributed by atoms with Gasteiger partial charge in [0.25, 0.3) is 17.7 Å². The Balaban J connectivity index is 1.77. The van der Waals surface area contributed by atoms with Gasteiger partial charge in [-0.3, -0.25) is 29.4 Å². The van der Waals surface area contributed by atoms with Gasteiger partial charge in [-0.05, 0) is 24.6 Å². The Bertz CT molecular complexity index is 1300. The van der Waals surface area contributed by atoms with Gasteiger partial charge in [0.15, 0.2) is 12.4 Å². The van der Waals surface area contributed by atoms with E-state index in [9.17, 15) is 51.2 Å². The number of amides is 3. The van der Waals surface area contributed by atoms with E-state index in [4.69, 9.17) is 0 Å². The molecule has 1 heterocycles. The number of nitro groups is 1. The van der Waals surface area contributed by atoms with Crippen molar-refractivity contribution in [1.82, 2.24) is 10.2 Å². The highest BCUT2D eigenvalue weighted by atomic mass is 19.4. The van der Waals surface area contributed by atoms with Crippen LogP contribution < -0.4 is 10.1 Å². The van der Waals surface area contributed by atoms with E-state index >= 15 is 0 Å². The molecule has 3 rings (SSSR count). The Labute approximate surface area is 215 Å². The molecule has 1 aliphatic rings. The molecule has 11 nitrogen and oxygen atoms in total. The van der Waals surface area contributed by atoms with Gasteiger partial charge in [0.1, 0.15) is 6.04 Å². The number of rotatable bonds is 10. The largest absolute Gasteiger partial charge is 0.480 e. The number of nitro benzene ring substituents is 1. The van der Waals surface area contributed by atoms with Gasteiger partial charge < -0.3 is 14.8 Å². The van der Waals surface area contributed by atoms with E-state index in [0.29, 0.717) is 12.1 Å². The van der Waals surface area contributed by atoms with Crippen molar-refractivity contribution in [2.45, 2.75) is 24.6 Å². The number of nitrogens with one attached hydrogen (secondary N) is 1. The van der Waals surface area contributed by atoms with Crippen LogP contribution in [0, 0.1) is 10.1 Å². The standard InChI is InChI=1S/C23H18F5N3O8/c1-38-21(35)15(8-9-30-19(33)13-4-2-3-5-14(13)20(30)34)29-18(32)12-6-7-16(31(36)37)17(10-12)39-11-22(24,25)23(26,27)28/h2-7,10,15H,8-9,11H2,1H3,(H,29,32)/t15-/m0/s1. The Morgan fingerprint density at radius 1 is 1.05 bits per heavy atom. The fourth-order valence-corrected chi connectivity index (χ4v) is 3.51. The van der Waals surface area contributed by atoms with Crippen molar-refractivity contribution in [3.8, 4) is 5.75 Å². The van der Waals surface area contributed by atoms with Crippen molar-refractivity contribution >= 4 is 29.4 Å². The van der Waals surface area contributed by atoms with Crippen LogP contribution in [0.5, 0.6) is 5.75 Å². The molecule has 0 aliphatic carbocycles. The first kappa shape index (κ1) is 28.9. The second kappa shape index (κ2) is 11.0. The molecule has 2 aromatic carbocycles. The highest BCUT2D eigenvalue weighted by Crippen LogP contribution is 2.37. The molecular formula is C23H18F5N3O8. The van der Waals surface area contributed by atoms with Gasteiger partial charge in [-0.2, -0.15) is 22.0 Å². The number of benzene rings is 2. The van der Waals surface area contributed by atoms with Gasteiger partial charge in [-0.25, -0.2) is 4.79 Å². The first-order valence-electron chi connectivity index (χ1n) is 10.9. The number of ether oxygens (including phenoxy) is 2. The molecule has 1 N–H and O–H groups in total. The van der Waals surface area contributed by atoms with Crippen LogP contribution in [0.2, 0.25) is 0 Å². The van der Waals surface area contributed by atoms with Crippen LogP contribution in [-0.4, -0.2) is 71.9 Å². The van der Waals surface area contributed by atoms with E-state index in [2.05, 4.69) is 14.8 Å². The van der Waals surface area contributed by atoms with Crippen LogP contribution >= 0.6 is 0 Å². The summed E-state index contributed by atoms with van der Waals surface area (Å²) in [6.45, 7) is -2.62. The van der Waals surface area contributed by atoms with Crippen molar-refractivity contribution in [2.75, 3.05) is 20.3 Å². The van der Waals surface area contributed by atoms with Gasteiger partial charge in [0.05, 0.1) is 23.2 Å². The third kappa shape index (κ3) is 6.10. The van der Waals surface area contributed by atoms with Crippen molar-refractivity contribution in [2.24, 2.45) is 0 Å². The number of hydrogen-bond donors (Lipinski definition) is 1. The van der Waals surface area contributed by atoms with Crippen LogP contribution in [0.25, 0.3) is 0 Å². The van der Waals surface area contributed by atoms with Crippen molar-refractivity contribution in [1.29, 1.82) is 0 Å². The number of methoxy groups -OCH3 is 1. The zero-order valence-electron chi connectivity index (χ0n) is 19.8. The first-order valence-corrected chi connectivity index (χ1v) is 10.9. The SMILES string of the molecule is COC(=O)[C@H](CCN1C(=O)c2ccccc2C1=O)NC(=O)c1ccc([N+](=O)[O-])c(OCC(F)(F)C(F)(F)F)c1. The molecule has 0 aromatic heterocycles. The summed E-state index contributed by atoms with van der Waals surface area (Å²) in [5.74, 6) is -9.77. The number of carbonyl (C=O) groups excluding carboxylic acids is 4. The lowest BCUT2D eigenvalue weighted by molar-refractivity contribution is -0.386. The zero-order chi connectivity index (χ0) is 29.1. The molecule has 3 amide bonds. The van der Waals surface area contributed by atoms with E-state index in [0.717, 1.165) is 18.1 Å². The van der Waals surface area contributed by atoms with Gasteiger partial charge in [-0.1, -0.05) is 12.1 Å². The second-order valence-corrected chi connectivity index (χ2v) is 8.08. The summed E-state index contributed by atoms with van der Waals surface area (Å²) >= 11 is 0. The van der Waals surface area contributed by atoms with Crippen molar-refractivity contribution < 1.29 is 55.5 Å². The summed E-state index contributed by atoms with van der Waals surface area (Å²) < 4.78 is 72.8. The average Bonchev–Trinajstić information content (AvgIpc) is 3.13. The van der Waals surface area contributed by atoms with Gasteiger partial charge in [0, 0.05) is 24.2 Å². The number of esters is 1. The maximum atomic E-state index is 13.3. The molecule has 0 saturated carbocycles. The van der Waals surface area contributed by atoms with E-state index in [1.165, 1.54) is 12.1 Å². The third-order valence-corrected chi connectivity index (χ3v) is 5.55. The number of halogens is 5. The molecule has 0 spiro atoms. The fourth-order valence-electron chi connectivity index (χ4n) is 3.51. The number of fused-ring (bicyclic) bond motifs is 1. The van der Waals surface area contributed by atoms with Gasteiger partial charge in [-0.15, -0.1) is 0 Å². The third-order valence-electron chi connectivity index (χ3n) is 5.55. The summed E-state index contributed by atoms with van der Waals surface area (Å²) in [7, 11) is 0.988. The minimum Gasteiger partial charge on any atom is -0.480 e. The summed E-state index contributed by atoms with van der Waals surface area (Å²) in [6.07, 6.45) is -6.32. The van der Waals surface area contributed by atoms with E-state index < -0.39 is 70.4 Å². The molecule has 16 heteroatoms. The Morgan fingerprint density at radius 2 is 1.64 bits per heavy atom. The average molecular weight is 559 g/mol. The Morgan fingerprint density at radius 3 is 2.15 bits per heavy atom. The lowest BCUT2D eigenvalue weighted by atomic mass is 10.1. The number of imide groups is 1. The number of nitrogens with zero attached hydrogens (tertiary/aromatic N) is 2. The molecule has 39 heavy (non-hydrogen) atoms. The number of hydrogen-bond acceptors (Lipinski definition) is 8.